The Morgan fingerprint density at radius 3 is 1.79 bits per heavy atom. The quantitative estimate of drug-likeness (QED) is 0.476. The zero-order valence-corrected chi connectivity index (χ0v) is 13.3. The predicted molar refractivity (Wildman–Crippen MR) is 70.9 cm³/mol. The van der Waals surface area contributed by atoms with E-state index in [1.807, 2.05) is 0 Å². The zero-order chi connectivity index (χ0) is 18.9. The van der Waals surface area contributed by atoms with Gasteiger partial charge >= 0.3 is 0 Å². The monoisotopic (exact) mass is 353 g/mol. The van der Waals surface area contributed by atoms with E-state index in [4.69, 9.17) is 0 Å². The lowest BCUT2D eigenvalue weighted by Gasteiger charge is -2.42. The fraction of sp³-hybridized carbons (Fsp3) is 1.00. The van der Waals surface area contributed by atoms with Crippen molar-refractivity contribution in [2.75, 3.05) is 0 Å². The molecule has 1 heterocycles. The van der Waals surface area contributed by atoms with Crippen LogP contribution in [-0.2, 0) is 19.7 Å². The van der Waals surface area contributed by atoms with Crippen molar-refractivity contribution >= 4 is 0 Å². The maximum absolute atomic E-state index is 12.6. The first-order valence-electron chi connectivity index (χ1n) is 6.70. The summed E-state index contributed by atoms with van der Waals surface area (Å²) in [5, 5.41) is 41.5. The summed E-state index contributed by atoms with van der Waals surface area (Å²) in [6.45, 7) is 5.33. The van der Waals surface area contributed by atoms with E-state index in [9.17, 15) is 35.6 Å². The third-order valence-electron chi connectivity index (χ3n) is 3.76. The van der Waals surface area contributed by atoms with Crippen LogP contribution in [-0.4, -0.2) is 49.7 Å². The lowest BCUT2D eigenvalue weighted by Crippen LogP contribution is -2.60. The highest BCUT2D eigenvalue weighted by molar-refractivity contribution is 5.03. The molecule has 0 aromatic carbocycles. The van der Waals surface area contributed by atoms with Crippen LogP contribution in [0.5, 0.6) is 0 Å². The van der Waals surface area contributed by atoms with Crippen LogP contribution < -0.4 is 0 Å². The minimum absolute atomic E-state index is 0.364. The molecule has 3 unspecified atom stereocenters. The fourth-order valence-corrected chi connectivity index (χ4v) is 2.90. The first kappa shape index (κ1) is 19.6. The van der Waals surface area contributed by atoms with E-state index in [1.165, 1.54) is 27.7 Å². The molecule has 14 nitrogen and oxygen atoms in total. The molecule has 1 aliphatic heterocycles. The Hall–Kier alpha value is -2.48. The average molecular weight is 353 g/mol. The highest BCUT2D eigenvalue weighted by Gasteiger charge is 2.57. The maximum Gasteiger partial charge on any atom is 0.294 e. The van der Waals surface area contributed by atoms with Gasteiger partial charge in [0, 0.05) is 5.54 Å². The van der Waals surface area contributed by atoms with E-state index < -0.39 is 44.6 Å². The summed E-state index contributed by atoms with van der Waals surface area (Å²) >= 11 is 0. The lowest BCUT2D eigenvalue weighted by atomic mass is 9.91. The molecule has 0 aromatic heterocycles. The Morgan fingerprint density at radius 2 is 1.38 bits per heavy atom. The van der Waals surface area contributed by atoms with Gasteiger partial charge in [-0.1, -0.05) is 0 Å². The first-order chi connectivity index (χ1) is 10.8. The van der Waals surface area contributed by atoms with Crippen molar-refractivity contribution in [3.8, 4) is 0 Å². The zero-order valence-electron chi connectivity index (χ0n) is 13.3. The van der Waals surface area contributed by atoms with Crippen molar-refractivity contribution in [1.82, 2.24) is 5.06 Å². The minimum atomic E-state index is -1.87. The third-order valence-corrected chi connectivity index (χ3v) is 3.76. The van der Waals surface area contributed by atoms with Crippen LogP contribution in [0.2, 0.25) is 0 Å². The molecule has 1 aliphatic rings. The van der Waals surface area contributed by atoms with Gasteiger partial charge in [-0.3, -0.25) is 0 Å². The van der Waals surface area contributed by atoms with Gasteiger partial charge in [-0.05, 0) is 34.1 Å². The standard InChI is InChI=1S/C10H17N4O10/c1-9(2)5-6(22-12(16)17)7(23-13(18)19)8(24-14(20)21)10(3,4)11(9)15/h6-8H,5H2,1-4H3. The van der Waals surface area contributed by atoms with E-state index in [1.54, 1.807) is 0 Å². The molecule has 0 amide bonds. The molecule has 0 aromatic rings. The van der Waals surface area contributed by atoms with Gasteiger partial charge in [-0.25, -0.2) is 0 Å². The maximum atomic E-state index is 12.6. The third kappa shape index (κ3) is 4.08. The summed E-state index contributed by atoms with van der Waals surface area (Å²) in [4.78, 5) is 45.4. The fourth-order valence-electron chi connectivity index (χ4n) is 2.90. The number of hydroxylamine groups is 2. The van der Waals surface area contributed by atoms with Crippen LogP contribution in [0.4, 0.5) is 0 Å². The van der Waals surface area contributed by atoms with E-state index >= 15 is 0 Å². The minimum Gasteiger partial charge on any atom is -0.308 e. The Kier molecular flexibility index (Phi) is 5.35. The molecule has 0 saturated carbocycles. The summed E-state index contributed by atoms with van der Waals surface area (Å²) in [5.74, 6) is 0. The van der Waals surface area contributed by atoms with Crippen LogP contribution in [0.1, 0.15) is 34.1 Å². The molecule has 24 heavy (non-hydrogen) atoms. The topological polar surface area (TPSA) is 180 Å². The molecule has 1 rings (SSSR count). The largest absolute Gasteiger partial charge is 0.308 e. The number of nitrogens with zero attached hydrogens (tertiary/aromatic N) is 4. The van der Waals surface area contributed by atoms with E-state index in [-0.39, 0.29) is 6.42 Å². The van der Waals surface area contributed by atoms with Crippen molar-refractivity contribution in [1.29, 1.82) is 0 Å². The Balaban J connectivity index is 3.45. The summed E-state index contributed by atoms with van der Waals surface area (Å²) in [7, 11) is 0. The molecular formula is C10H17N4O10. The summed E-state index contributed by atoms with van der Waals surface area (Å²) < 4.78 is 0. The van der Waals surface area contributed by atoms with Gasteiger partial charge < -0.3 is 14.5 Å². The van der Waals surface area contributed by atoms with Gasteiger partial charge in [0.05, 0.1) is 5.54 Å². The average Bonchev–Trinajstić information content (AvgIpc) is 2.42. The Bertz CT molecular complexity index is 524. The van der Waals surface area contributed by atoms with Crippen LogP contribution in [0.15, 0.2) is 0 Å². The second-order valence-corrected chi connectivity index (χ2v) is 6.38. The molecule has 1 fully saturated rings. The number of rotatable bonds is 6. The van der Waals surface area contributed by atoms with E-state index in [0.717, 1.165) is 0 Å². The van der Waals surface area contributed by atoms with Crippen molar-refractivity contribution in [3.05, 3.63) is 30.3 Å². The molecule has 1 saturated heterocycles. The highest BCUT2D eigenvalue weighted by atomic mass is 17.0. The molecule has 1 radical (unpaired) electrons. The molecule has 0 N–H and O–H groups in total. The van der Waals surface area contributed by atoms with E-state index in [0.29, 0.717) is 5.06 Å². The number of hydrogen-bond acceptors (Lipinski definition) is 10. The molecule has 0 bridgehead atoms. The van der Waals surface area contributed by atoms with Crippen LogP contribution in [0.3, 0.4) is 0 Å². The van der Waals surface area contributed by atoms with Crippen LogP contribution in [0, 0.1) is 30.3 Å². The van der Waals surface area contributed by atoms with Gasteiger partial charge in [0.2, 0.25) is 0 Å². The molecule has 0 spiro atoms. The van der Waals surface area contributed by atoms with Gasteiger partial charge in [-0.2, -0.15) is 0 Å². The highest BCUT2D eigenvalue weighted by Crippen LogP contribution is 2.39. The SMILES string of the molecule is CC1(C)CC(O[N+](=O)[O-])C(O[N+](=O)[O-])C(O[N+](=O)[O-])C(C)(C)N1[O]. The van der Waals surface area contributed by atoms with Crippen molar-refractivity contribution in [3.63, 3.8) is 0 Å². The van der Waals surface area contributed by atoms with Crippen molar-refractivity contribution in [2.24, 2.45) is 0 Å². The lowest BCUT2D eigenvalue weighted by molar-refractivity contribution is -0.817. The van der Waals surface area contributed by atoms with Crippen LogP contribution in [0.25, 0.3) is 0 Å². The molecule has 0 aliphatic carbocycles. The summed E-state index contributed by atoms with van der Waals surface area (Å²) in [5.41, 5.74) is -3.00. The Labute approximate surface area is 135 Å². The Morgan fingerprint density at radius 1 is 0.917 bits per heavy atom. The molecular weight excluding hydrogens is 336 g/mol. The normalized spacial score (nSPS) is 29.1. The second kappa shape index (κ2) is 6.56. The molecule has 3 atom stereocenters. The van der Waals surface area contributed by atoms with Gasteiger partial charge in [0.15, 0.2) is 12.2 Å². The first-order valence-corrected chi connectivity index (χ1v) is 6.70. The van der Waals surface area contributed by atoms with Gasteiger partial charge in [0.25, 0.3) is 15.3 Å². The van der Waals surface area contributed by atoms with Crippen molar-refractivity contribution < 1.29 is 35.0 Å². The molecule has 137 valence electrons. The second-order valence-electron chi connectivity index (χ2n) is 6.38. The van der Waals surface area contributed by atoms with E-state index in [2.05, 4.69) is 14.5 Å². The van der Waals surface area contributed by atoms with Crippen LogP contribution >= 0.6 is 0 Å². The summed E-state index contributed by atoms with van der Waals surface area (Å²) in [6, 6.07) is 0. The van der Waals surface area contributed by atoms with Crippen molar-refractivity contribution in [2.45, 2.75) is 63.5 Å². The van der Waals surface area contributed by atoms with Gasteiger partial charge in [-0.15, -0.1) is 40.6 Å². The predicted octanol–water partition coefficient (Wildman–Crippen LogP) is 0.326. The number of hydrogen-bond donors (Lipinski definition) is 0. The smallest absolute Gasteiger partial charge is 0.294 e. The molecule has 14 heteroatoms. The van der Waals surface area contributed by atoms with Gasteiger partial charge in [0.1, 0.15) is 6.10 Å². The summed E-state index contributed by atoms with van der Waals surface area (Å²) in [6.07, 6.45) is -5.69.